The van der Waals surface area contributed by atoms with Gasteiger partial charge in [0.15, 0.2) is 0 Å². The molecular weight excluding hydrogens is 250 g/mol. The first-order chi connectivity index (χ1) is 9.74. The predicted octanol–water partition coefficient (Wildman–Crippen LogP) is 2.63. The molecule has 3 nitrogen and oxygen atoms in total. The van der Waals surface area contributed by atoms with E-state index in [0.717, 1.165) is 30.6 Å². The Morgan fingerprint density at radius 2 is 2.05 bits per heavy atom. The van der Waals surface area contributed by atoms with E-state index in [1.807, 2.05) is 18.2 Å². The minimum absolute atomic E-state index is 0.0738. The maximum absolute atomic E-state index is 10.8. The van der Waals surface area contributed by atoms with E-state index in [9.17, 15) is 4.79 Å². The Kier molecular flexibility index (Phi) is 3.52. The summed E-state index contributed by atoms with van der Waals surface area (Å²) in [6, 6.07) is 14.2. The zero-order valence-electron chi connectivity index (χ0n) is 11.2. The number of carbonyl (C=O) groups is 1. The highest BCUT2D eigenvalue weighted by molar-refractivity contribution is 5.73. The number of benzene rings is 2. The molecule has 1 heterocycles. The molecule has 1 aliphatic rings. The summed E-state index contributed by atoms with van der Waals surface area (Å²) in [6.45, 7) is 1.91. The lowest BCUT2D eigenvalue weighted by Crippen LogP contribution is -2.24. The third-order valence-corrected chi connectivity index (χ3v) is 3.73. The largest absolute Gasteiger partial charge is 0.481 e. The highest BCUT2D eigenvalue weighted by Crippen LogP contribution is 2.29. The molecule has 3 rings (SSSR count). The van der Waals surface area contributed by atoms with E-state index in [1.54, 1.807) is 0 Å². The zero-order chi connectivity index (χ0) is 13.9. The minimum atomic E-state index is -0.790. The van der Waals surface area contributed by atoms with Crippen molar-refractivity contribution >= 4 is 5.97 Å². The van der Waals surface area contributed by atoms with Gasteiger partial charge in [-0.2, -0.15) is 0 Å². The maximum atomic E-state index is 10.8. The second-order valence-electron chi connectivity index (χ2n) is 5.14. The summed E-state index contributed by atoms with van der Waals surface area (Å²) >= 11 is 0. The predicted molar refractivity (Wildman–Crippen MR) is 78.6 cm³/mol. The van der Waals surface area contributed by atoms with Crippen LogP contribution in [0.3, 0.4) is 0 Å². The van der Waals surface area contributed by atoms with E-state index < -0.39 is 5.97 Å². The van der Waals surface area contributed by atoms with E-state index in [0.29, 0.717) is 0 Å². The monoisotopic (exact) mass is 267 g/mol. The first-order valence-corrected chi connectivity index (χ1v) is 6.86. The Balaban J connectivity index is 2.03. The molecule has 0 unspecified atom stereocenters. The molecule has 0 saturated heterocycles. The van der Waals surface area contributed by atoms with Gasteiger partial charge in [-0.3, -0.25) is 4.79 Å². The molecule has 102 valence electrons. The van der Waals surface area contributed by atoms with E-state index >= 15 is 0 Å². The molecule has 0 radical (unpaired) electrons. The molecule has 2 aromatic rings. The van der Waals surface area contributed by atoms with E-state index in [2.05, 4.69) is 29.6 Å². The lowest BCUT2D eigenvalue weighted by Gasteiger charge is -2.20. The summed E-state index contributed by atoms with van der Waals surface area (Å²) in [6.07, 6.45) is 1.10. The number of carboxylic acid groups (broad SMARTS) is 1. The van der Waals surface area contributed by atoms with Crippen LogP contribution in [0.4, 0.5) is 0 Å². The molecule has 2 aromatic carbocycles. The lowest BCUT2D eigenvalue weighted by molar-refractivity contribution is -0.136. The molecular formula is C17H17NO2. The molecule has 0 saturated carbocycles. The van der Waals surface area contributed by atoms with Gasteiger partial charge in [0.25, 0.3) is 0 Å². The Bertz CT molecular complexity index is 649. The van der Waals surface area contributed by atoms with Crippen LogP contribution in [0.25, 0.3) is 11.1 Å². The zero-order valence-corrected chi connectivity index (χ0v) is 11.2. The molecule has 0 atom stereocenters. The van der Waals surface area contributed by atoms with Crippen molar-refractivity contribution in [2.45, 2.75) is 19.4 Å². The third-order valence-electron chi connectivity index (χ3n) is 3.73. The van der Waals surface area contributed by atoms with Gasteiger partial charge in [-0.1, -0.05) is 42.5 Å². The summed E-state index contributed by atoms with van der Waals surface area (Å²) in [4.78, 5) is 10.8. The summed E-state index contributed by atoms with van der Waals surface area (Å²) < 4.78 is 0. The van der Waals surface area contributed by atoms with Crippen LogP contribution < -0.4 is 5.32 Å². The van der Waals surface area contributed by atoms with Gasteiger partial charge < -0.3 is 10.4 Å². The number of rotatable bonds is 3. The molecule has 2 N–H and O–H groups in total. The van der Waals surface area contributed by atoms with Crippen molar-refractivity contribution in [3.63, 3.8) is 0 Å². The summed E-state index contributed by atoms with van der Waals surface area (Å²) in [7, 11) is 0. The van der Waals surface area contributed by atoms with Crippen molar-refractivity contribution in [2.75, 3.05) is 6.54 Å². The van der Waals surface area contributed by atoms with Crippen LogP contribution in [0.15, 0.2) is 42.5 Å². The van der Waals surface area contributed by atoms with Crippen LogP contribution in [0, 0.1) is 0 Å². The molecule has 1 aliphatic heterocycles. The number of hydrogen-bond acceptors (Lipinski definition) is 2. The number of aliphatic carboxylic acids is 1. The Morgan fingerprint density at radius 1 is 1.20 bits per heavy atom. The fourth-order valence-corrected chi connectivity index (χ4v) is 2.83. The van der Waals surface area contributed by atoms with Crippen molar-refractivity contribution in [1.29, 1.82) is 0 Å². The number of hydrogen-bond donors (Lipinski definition) is 2. The lowest BCUT2D eigenvalue weighted by atomic mass is 9.90. The van der Waals surface area contributed by atoms with Gasteiger partial charge in [-0.25, -0.2) is 0 Å². The SMILES string of the molecule is O=C(O)Cc1cccc(-c2cccc3c2CCNC3)c1. The number of nitrogens with one attached hydrogen (secondary N) is 1. The Morgan fingerprint density at radius 3 is 2.90 bits per heavy atom. The topological polar surface area (TPSA) is 49.3 Å². The van der Waals surface area contributed by atoms with Gasteiger partial charge in [-0.15, -0.1) is 0 Å². The van der Waals surface area contributed by atoms with E-state index in [-0.39, 0.29) is 6.42 Å². The molecule has 0 fully saturated rings. The van der Waals surface area contributed by atoms with Gasteiger partial charge in [0.2, 0.25) is 0 Å². The maximum Gasteiger partial charge on any atom is 0.307 e. The average molecular weight is 267 g/mol. The van der Waals surface area contributed by atoms with Crippen molar-refractivity contribution in [2.24, 2.45) is 0 Å². The van der Waals surface area contributed by atoms with Crippen LogP contribution >= 0.6 is 0 Å². The average Bonchev–Trinajstić information content (AvgIpc) is 2.46. The van der Waals surface area contributed by atoms with Gasteiger partial charge in [-0.05, 0) is 40.8 Å². The Labute approximate surface area is 118 Å². The molecule has 3 heteroatoms. The summed E-state index contributed by atoms with van der Waals surface area (Å²) in [5.41, 5.74) is 5.93. The van der Waals surface area contributed by atoms with Crippen molar-refractivity contribution < 1.29 is 9.90 Å². The van der Waals surface area contributed by atoms with Gasteiger partial charge in [0.1, 0.15) is 0 Å². The van der Waals surface area contributed by atoms with Gasteiger partial charge in [0, 0.05) is 6.54 Å². The van der Waals surface area contributed by atoms with Crippen molar-refractivity contribution in [3.8, 4) is 11.1 Å². The third kappa shape index (κ3) is 2.58. The van der Waals surface area contributed by atoms with Gasteiger partial charge >= 0.3 is 5.97 Å². The molecule has 0 spiro atoms. The van der Waals surface area contributed by atoms with Crippen LogP contribution in [-0.4, -0.2) is 17.6 Å². The van der Waals surface area contributed by atoms with Crippen molar-refractivity contribution in [1.82, 2.24) is 5.32 Å². The second kappa shape index (κ2) is 5.47. The fourth-order valence-electron chi connectivity index (χ4n) is 2.83. The molecule has 0 aliphatic carbocycles. The van der Waals surface area contributed by atoms with E-state index in [1.165, 1.54) is 16.7 Å². The first kappa shape index (κ1) is 12.9. The summed E-state index contributed by atoms with van der Waals surface area (Å²) in [5.74, 6) is -0.790. The smallest absolute Gasteiger partial charge is 0.307 e. The normalized spacial score (nSPS) is 13.8. The van der Waals surface area contributed by atoms with Crippen LogP contribution in [-0.2, 0) is 24.2 Å². The van der Waals surface area contributed by atoms with E-state index in [4.69, 9.17) is 5.11 Å². The molecule has 0 amide bonds. The molecule has 0 bridgehead atoms. The number of fused-ring (bicyclic) bond motifs is 1. The van der Waals surface area contributed by atoms with Crippen LogP contribution in [0.2, 0.25) is 0 Å². The number of carboxylic acids is 1. The Hall–Kier alpha value is -2.13. The standard InChI is InChI=1S/C17H17NO2/c19-17(20)10-12-3-1-4-13(9-12)15-6-2-5-14-11-18-8-7-16(14)15/h1-6,9,18H,7-8,10-11H2,(H,19,20). The van der Waals surface area contributed by atoms with Gasteiger partial charge in [0.05, 0.1) is 6.42 Å². The quantitative estimate of drug-likeness (QED) is 0.898. The van der Waals surface area contributed by atoms with Crippen molar-refractivity contribution in [3.05, 3.63) is 59.2 Å². The first-order valence-electron chi connectivity index (χ1n) is 6.86. The highest BCUT2D eigenvalue weighted by Gasteiger charge is 2.13. The van der Waals surface area contributed by atoms with Crippen LogP contribution in [0.5, 0.6) is 0 Å². The second-order valence-corrected chi connectivity index (χ2v) is 5.14. The summed E-state index contributed by atoms with van der Waals surface area (Å²) in [5, 5.41) is 12.3. The van der Waals surface area contributed by atoms with Crippen LogP contribution in [0.1, 0.15) is 16.7 Å². The fraction of sp³-hybridized carbons (Fsp3) is 0.235. The highest BCUT2D eigenvalue weighted by atomic mass is 16.4. The molecule has 20 heavy (non-hydrogen) atoms. The minimum Gasteiger partial charge on any atom is -0.481 e. The molecule has 0 aromatic heterocycles.